The first-order chi connectivity index (χ1) is 12.8. The number of aryl methyl sites for hydroxylation is 1. The van der Waals surface area contributed by atoms with Crippen molar-refractivity contribution in [3.05, 3.63) is 80.8 Å². The summed E-state index contributed by atoms with van der Waals surface area (Å²) in [5.74, 6) is -1.11. The van der Waals surface area contributed by atoms with Crippen molar-refractivity contribution in [1.82, 2.24) is 9.78 Å². The van der Waals surface area contributed by atoms with Gasteiger partial charge in [0.2, 0.25) is 5.91 Å². The normalized spacial score (nSPS) is 11.9. The van der Waals surface area contributed by atoms with E-state index in [1.54, 1.807) is 19.1 Å². The van der Waals surface area contributed by atoms with Crippen LogP contribution in [0.1, 0.15) is 18.5 Å². The molecule has 0 bridgehead atoms. The smallest absolute Gasteiger partial charge is 0.267 e. The fourth-order valence-electron chi connectivity index (χ4n) is 2.52. The lowest BCUT2D eigenvalue weighted by molar-refractivity contribution is -0.119. The van der Waals surface area contributed by atoms with Gasteiger partial charge in [-0.15, -0.1) is 0 Å². The lowest BCUT2D eigenvalue weighted by Crippen LogP contribution is -2.33. The molecule has 0 saturated heterocycles. The van der Waals surface area contributed by atoms with E-state index < -0.39 is 23.3 Å². The highest BCUT2D eigenvalue weighted by Gasteiger charge is 2.19. The third-order valence-electron chi connectivity index (χ3n) is 4.11. The Morgan fingerprint density at radius 1 is 1.15 bits per heavy atom. The highest BCUT2D eigenvalue weighted by molar-refractivity contribution is 9.10. The Kier molecular flexibility index (Phi) is 5.51. The molecule has 5 nitrogen and oxygen atoms in total. The number of nitrogens with one attached hydrogen (secondary N) is 1. The minimum Gasteiger partial charge on any atom is -0.322 e. The van der Waals surface area contributed by atoms with Crippen molar-refractivity contribution in [2.75, 3.05) is 5.32 Å². The molecule has 0 saturated carbocycles. The molecule has 1 atom stereocenters. The van der Waals surface area contributed by atoms with E-state index in [9.17, 15) is 14.0 Å². The Bertz CT molecular complexity index is 1050. The van der Waals surface area contributed by atoms with Crippen LogP contribution in [0.5, 0.6) is 0 Å². The summed E-state index contributed by atoms with van der Waals surface area (Å²) in [6.45, 7) is 3.52. The molecular formula is C20H17BrFN3O2. The van der Waals surface area contributed by atoms with E-state index in [-0.39, 0.29) is 5.69 Å². The first kappa shape index (κ1) is 19.0. The van der Waals surface area contributed by atoms with Gasteiger partial charge in [-0.3, -0.25) is 9.59 Å². The van der Waals surface area contributed by atoms with Gasteiger partial charge in [-0.2, -0.15) is 5.10 Å². The summed E-state index contributed by atoms with van der Waals surface area (Å²) in [6, 6.07) is 14.1. The second-order valence-electron chi connectivity index (χ2n) is 6.16. The highest BCUT2D eigenvalue weighted by atomic mass is 79.9. The molecule has 3 aromatic rings. The zero-order chi connectivity index (χ0) is 19.6. The van der Waals surface area contributed by atoms with Crippen molar-refractivity contribution in [3.8, 4) is 11.3 Å². The Morgan fingerprint density at radius 3 is 2.52 bits per heavy atom. The SMILES string of the molecule is Cc1ccc(-c2ccc(=O)n(C(C)C(=O)Nc3ccc(Br)cc3F)n2)cc1. The van der Waals surface area contributed by atoms with Crippen molar-refractivity contribution in [2.45, 2.75) is 19.9 Å². The van der Waals surface area contributed by atoms with E-state index in [1.807, 2.05) is 31.2 Å². The van der Waals surface area contributed by atoms with E-state index in [4.69, 9.17) is 0 Å². The van der Waals surface area contributed by atoms with Gasteiger partial charge >= 0.3 is 0 Å². The third-order valence-corrected chi connectivity index (χ3v) is 4.60. The van der Waals surface area contributed by atoms with Crippen LogP contribution >= 0.6 is 15.9 Å². The number of anilines is 1. The number of carbonyl (C=O) groups is 1. The molecule has 1 heterocycles. The van der Waals surface area contributed by atoms with Gasteiger partial charge in [0.1, 0.15) is 11.9 Å². The Labute approximate surface area is 164 Å². The molecule has 0 aliphatic rings. The first-order valence-corrected chi connectivity index (χ1v) is 9.07. The summed E-state index contributed by atoms with van der Waals surface area (Å²) in [5.41, 5.74) is 2.14. The van der Waals surface area contributed by atoms with Crippen LogP contribution in [0.3, 0.4) is 0 Å². The van der Waals surface area contributed by atoms with Crippen molar-refractivity contribution in [1.29, 1.82) is 0 Å². The van der Waals surface area contributed by atoms with Gasteiger partial charge in [0.15, 0.2) is 0 Å². The van der Waals surface area contributed by atoms with Crippen LogP contribution in [0.4, 0.5) is 10.1 Å². The van der Waals surface area contributed by atoms with E-state index in [0.29, 0.717) is 10.2 Å². The Morgan fingerprint density at radius 2 is 1.85 bits per heavy atom. The summed E-state index contributed by atoms with van der Waals surface area (Å²) in [6.07, 6.45) is 0. The molecule has 1 N–H and O–H groups in total. The van der Waals surface area contributed by atoms with Crippen LogP contribution < -0.4 is 10.9 Å². The molecule has 7 heteroatoms. The molecule has 3 rings (SSSR count). The van der Waals surface area contributed by atoms with Gasteiger partial charge in [-0.25, -0.2) is 9.07 Å². The number of rotatable bonds is 4. The number of nitrogens with zero attached hydrogens (tertiary/aromatic N) is 2. The molecule has 27 heavy (non-hydrogen) atoms. The van der Waals surface area contributed by atoms with Gasteiger partial charge < -0.3 is 5.32 Å². The van der Waals surface area contributed by atoms with Gasteiger partial charge in [0.25, 0.3) is 5.56 Å². The number of aromatic nitrogens is 2. The van der Waals surface area contributed by atoms with Crippen molar-refractivity contribution < 1.29 is 9.18 Å². The van der Waals surface area contributed by atoms with E-state index in [2.05, 4.69) is 26.3 Å². The predicted molar refractivity (Wildman–Crippen MR) is 106 cm³/mol. The average molecular weight is 430 g/mol. The van der Waals surface area contributed by atoms with Crippen LogP contribution in [-0.4, -0.2) is 15.7 Å². The average Bonchev–Trinajstić information content (AvgIpc) is 2.64. The van der Waals surface area contributed by atoms with Crippen LogP contribution in [0.2, 0.25) is 0 Å². The molecule has 1 aromatic heterocycles. The number of halogens is 2. The number of amides is 1. The number of hydrogen-bond donors (Lipinski definition) is 1. The van der Waals surface area contributed by atoms with Gasteiger partial charge in [0.05, 0.1) is 11.4 Å². The van der Waals surface area contributed by atoms with Gasteiger partial charge in [0, 0.05) is 16.1 Å². The molecule has 0 spiro atoms. The van der Waals surface area contributed by atoms with Crippen molar-refractivity contribution in [2.24, 2.45) is 0 Å². The van der Waals surface area contributed by atoms with Crippen LogP contribution in [-0.2, 0) is 4.79 Å². The molecule has 2 aromatic carbocycles. The summed E-state index contributed by atoms with van der Waals surface area (Å²) in [4.78, 5) is 24.7. The maximum atomic E-state index is 13.9. The molecular weight excluding hydrogens is 413 g/mol. The summed E-state index contributed by atoms with van der Waals surface area (Å²) < 4.78 is 15.6. The topological polar surface area (TPSA) is 64.0 Å². The van der Waals surface area contributed by atoms with Crippen molar-refractivity contribution in [3.63, 3.8) is 0 Å². The molecule has 0 radical (unpaired) electrons. The summed E-state index contributed by atoms with van der Waals surface area (Å²) >= 11 is 3.16. The fraction of sp³-hybridized carbons (Fsp3) is 0.150. The maximum absolute atomic E-state index is 13.9. The maximum Gasteiger partial charge on any atom is 0.267 e. The number of hydrogen-bond acceptors (Lipinski definition) is 3. The molecule has 0 fully saturated rings. The van der Waals surface area contributed by atoms with E-state index in [1.165, 1.54) is 18.2 Å². The van der Waals surface area contributed by atoms with E-state index >= 15 is 0 Å². The Balaban J connectivity index is 1.88. The summed E-state index contributed by atoms with van der Waals surface area (Å²) in [5, 5.41) is 6.81. The van der Waals surface area contributed by atoms with Crippen LogP contribution in [0, 0.1) is 12.7 Å². The minimum absolute atomic E-state index is 0.0396. The predicted octanol–water partition coefficient (Wildman–Crippen LogP) is 4.32. The van der Waals surface area contributed by atoms with Gasteiger partial charge in [-0.05, 0) is 38.1 Å². The zero-order valence-corrected chi connectivity index (χ0v) is 16.3. The zero-order valence-electron chi connectivity index (χ0n) is 14.7. The molecule has 138 valence electrons. The third kappa shape index (κ3) is 4.31. The lowest BCUT2D eigenvalue weighted by atomic mass is 10.1. The molecule has 0 aliphatic carbocycles. The Hall–Kier alpha value is -2.80. The number of benzene rings is 2. The largest absolute Gasteiger partial charge is 0.322 e. The van der Waals surface area contributed by atoms with Crippen molar-refractivity contribution >= 4 is 27.5 Å². The summed E-state index contributed by atoms with van der Waals surface area (Å²) in [7, 11) is 0. The van der Waals surface area contributed by atoms with Gasteiger partial charge in [-0.1, -0.05) is 45.8 Å². The first-order valence-electron chi connectivity index (χ1n) is 8.28. The molecule has 0 aliphatic heterocycles. The highest BCUT2D eigenvalue weighted by Crippen LogP contribution is 2.21. The monoisotopic (exact) mass is 429 g/mol. The lowest BCUT2D eigenvalue weighted by Gasteiger charge is -2.15. The minimum atomic E-state index is -0.911. The molecule has 1 unspecified atom stereocenters. The molecule has 1 amide bonds. The quantitative estimate of drug-likeness (QED) is 0.671. The van der Waals surface area contributed by atoms with Crippen LogP contribution in [0.15, 0.2) is 63.9 Å². The second-order valence-corrected chi connectivity index (χ2v) is 7.07. The van der Waals surface area contributed by atoms with E-state index in [0.717, 1.165) is 15.8 Å². The fourth-order valence-corrected chi connectivity index (χ4v) is 2.85. The standard InChI is InChI=1S/C20H17BrFN3O2/c1-12-3-5-14(6-4-12)17-9-10-19(26)25(24-17)13(2)20(27)23-18-8-7-15(21)11-16(18)22/h3-11,13H,1-2H3,(H,23,27). The van der Waals surface area contributed by atoms with Crippen LogP contribution in [0.25, 0.3) is 11.3 Å². The number of carbonyl (C=O) groups excluding carboxylic acids is 1. The second kappa shape index (κ2) is 7.84.